The van der Waals surface area contributed by atoms with Crippen LogP contribution >= 0.6 is 11.6 Å². The predicted molar refractivity (Wildman–Crippen MR) is 130 cm³/mol. The van der Waals surface area contributed by atoms with Gasteiger partial charge in [-0.2, -0.15) is 9.78 Å². The maximum absolute atomic E-state index is 12.8. The van der Waals surface area contributed by atoms with Crippen molar-refractivity contribution in [3.8, 4) is 5.69 Å². The van der Waals surface area contributed by atoms with Crippen LogP contribution in [0.25, 0.3) is 5.69 Å². The van der Waals surface area contributed by atoms with Crippen molar-refractivity contribution in [2.24, 2.45) is 0 Å². The topological polar surface area (TPSA) is 79.7 Å². The molecule has 9 heteroatoms. The molecule has 33 heavy (non-hydrogen) atoms. The second-order valence-electron chi connectivity index (χ2n) is 7.69. The summed E-state index contributed by atoms with van der Waals surface area (Å²) in [5.41, 5.74) is 1.77. The number of para-hydroxylation sites is 2. The van der Waals surface area contributed by atoms with E-state index in [-0.39, 0.29) is 10.6 Å². The summed E-state index contributed by atoms with van der Waals surface area (Å²) >= 11 is 6.35. The Labute approximate surface area is 197 Å². The van der Waals surface area contributed by atoms with Crippen LogP contribution in [0.3, 0.4) is 0 Å². The van der Waals surface area contributed by atoms with Crippen molar-refractivity contribution in [1.82, 2.24) is 14.7 Å². The molecule has 1 N–H and O–H groups in total. The smallest absolute Gasteiger partial charge is 0.340 e. The van der Waals surface area contributed by atoms with Gasteiger partial charge in [-0.3, -0.25) is 9.69 Å². The lowest BCUT2D eigenvalue weighted by atomic mass is 10.2. The third kappa shape index (κ3) is 5.18. The van der Waals surface area contributed by atoms with Gasteiger partial charge >= 0.3 is 5.97 Å². The minimum absolute atomic E-state index is 0.0264. The second kappa shape index (κ2) is 10.5. The number of hydrogen-bond donors (Lipinski definition) is 1. The number of benzene rings is 2. The van der Waals surface area contributed by atoms with Gasteiger partial charge in [0.2, 0.25) is 0 Å². The molecule has 1 aliphatic rings. The minimum atomic E-state index is -0.551. The van der Waals surface area contributed by atoms with Crippen LogP contribution in [-0.2, 0) is 4.74 Å². The van der Waals surface area contributed by atoms with Gasteiger partial charge in [-0.25, -0.2) is 4.79 Å². The first kappa shape index (κ1) is 22.8. The highest BCUT2D eigenvalue weighted by Crippen LogP contribution is 2.19. The van der Waals surface area contributed by atoms with Gasteiger partial charge < -0.3 is 15.0 Å². The molecule has 0 aliphatic carbocycles. The van der Waals surface area contributed by atoms with Crippen LogP contribution in [0.15, 0.2) is 65.6 Å². The standard InChI is InChI=1S/C24H26ClN5O3/c1-33-24(32)19-9-5-6-10-21(19)30-23(31)22(25)20(17-27-30)26-11-12-28-13-15-29(16-14-28)18-7-3-2-4-8-18/h2-10,17,26H,11-16H2,1H3. The lowest BCUT2D eigenvalue weighted by molar-refractivity contribution is 0.0600. The fraction of sp³-hybridized carbons (Fsp3) is 0.292. The van der Waals surface area contributed by atoms with Gasteiger partial charge in [-0.15, -0.1) is 0 Å². The van der Waals surface area contributed by atoms with Crippen LogP contribution in [0.4, 0.5) is 11.4 Å². The molecule has 2 heterocycles. The highest BCUT2D eigenvalue weighted by molar-refractivity contribution is 6.33. The number of aromatic nitrogens is 2. The van der Waals surface area contributed by atoms with Crippen LogP contribution in [0.2, 0.25) is 5.02 Å². The largest absolute Gasteiger partial charge is 0.465 e. The zero-order chi connectivity index (χ0) is 23.2. The molecule has 1 aromatic heterocycles. The SMILES string of the molecule is COC(=O)c1ccccc1-n1ncc(NCCN2CCN(c3ccccc3)CC2)c(Cl)c1=O. The molecule has 1 fully saturated rings. The molecule has 3 aromatic rings. The van der Waals surface area contributed by atoms with Crippen molar-refractivity contribution in [1.29, 1.82) is 0 Å². The number of hydrogen-bond acceptors (Lipinski definition) is 7. The summed E-state index contributed by atoms with van der Waals surface area (Å²) in [7, 11) is 1.29. The summed E-state index contributed by atoms with van der Waals surface area (Å²) in [6.07, 6.45) is 1.51. The number of esters is 1. The minimum Gasteiger partial charge on any atom is -0.465 e. The van der Waals surface area contributed by atoms with Crippen molar-refractivity contribution in [3.05, 3.63) is 81.7 Å². The molecule has 0 spiro atoms. The number of anilines is 2. The van der Waals surface area contributed by atoms with Gasteiger partial charge in [0.05, 0.1) is 30.2 Å². The summed E-state index contributed by atoms with van der Waals surface area (Å²) in [6.45, 7) is 5.34. The number of rotatable bonds is 7. The molecular weight excluding hydrogens is 442 g/mol. The molecule has 0 unspecified atom stereocenters. The zero-order valence-corrected chi connectivity index (χ0v) is 19.2. The molecule has 0 radical (unpaired) electrons. The molecular formula is C24H26ClN5O3. The first-order chi connectivity index (χ1) is 16.1. The molecule has 0 bridgehead atoms. The van der Waals surface area contributed by atoms with Crippen LogP contribution in [-0.4, -0.2) is 67.0 Å². The van der Waals surface area contributed by atoms with Gasteiger partial charge in [0.25, 0.3) is 5.56 Å². The number of methoxy groups -OCH3 is 1. The number of ether oxygens (including phenoxy) is 1. The molecule has 8 nitrogen and oxygen atoms in total. The van der Waals surface area contributed by atoms with E-state index in [2.05, 4.69) is 44.5 Å². The maximum atomic E-state index is 12.8. The van der Waals surface area contributed by atoms with Crippen molar-refractivity contribution in [2.45, 2.75) is 0 Å². The summed E-state index contributed by atoms with van der Waals surface area (Å²) in [5, 5.41) is 7.47. The Balaban J connectivity index is 1.36. The highest BCUT2D eigenvalue weighted by atomic mass is 35.5. The Bertz CT molecular complexity index is 1160. The van der Waals surface area contributed by atoms with E-state index in [0.29, 0.717) is 17.9 Å². The fourth-order valence-corrected chi connectivity index (χ4v) is 4.08. The van der Waals surface area contributed by atoms with Crippen LogP contribution in [0, 0.1) is 0 Å². The number of carbonyl (C=O) groups excluding carboxylic acids is 1. The van der Waals surface area contributed by atoms with Gasteiger partial charge in [-0.05, 0) is 24.3 Å². The Morgan fingerprint density at radius 1 is 1.06 bits per heavy atom. The molecule has 1 aliphatic heterocycles. The van der Waals surface area contributed by atoms with E-state index in [1.807, 2.05) is 6.07 Å². The zero-order valence-electron chi connectivity index (χ0n) is 18.4. The van der Waals surface area contributed by atoms with E-state index in [4.69, 9.17) is 16.3 Å². The lowest BCUT2D eigenvalue weighted by Crippen LogP contribution is -2.47. The first-order valence-corrected chi connectivity index (χ1v) is 11.2. The van der Waals surface area contributed by atoms with Gasteiger partial charge in [-0.1, -0.05) is 41.9 Å². The highest BCUT2D eigenvalue weighted by Gasteiger charge is 2.19. The van der Waals surface area contributed by atoms with Crippen molar-refractivity contribution >= 4 is 28.9 Å². The molecule has 0 saturated carbocycles. The van der Waals surface area contributed by atoms with Crippen LogP contribution in [0.5, 0.6) is 0 Å². The number of carbonyl (C=O) groups is 1. The van der Waals surface area contributed by atoms with Crippen molar-refractivity contribution in [3.63, 3.8) is 0 Å². The lowest BCUT2D eigenvalue weighted by Gasteiger charge is -2.36. The van der Waals surface area contributed by atoms with E-state index in [1.54, 1.807) is 24.3 Å². The van der Waals surface area contributed by atoms with Gasteiger partial charge in [0, 0.05) is 45.0 Å². The Hall–Kier alpha value is -3.36. The Morgan fingerprint density at radius 3 is 2.48 bits per heavy atom. The predicted octanol–water partition coefficient (Wildman–Crippen LogP) is 2.91. The Morgan fingerprint density at radius 2 is 1.76 bits per heavy atom. The summed E-state index contributed by atoms with van der Waals surface area (Å²) in [6, 6.07) is 17.0. The van der Waals surface area contributed by atoms with E-state index in [9.17, 15) is 9.59 Å². The van der Waals surface area contributed by atoms with Crippen molar-refractivity contribution in [2.75, 3.05) is 56.6 Å². The van der Waals surface area contributed by atoms with Gasteiger partial charge in [0.15, 0.2) is 0 Å². The summed E-state index contributed by atoms with van der Waals surface area (Å²) in [4.78, 5) is 29.7. The summed E-state index contributed by atoms with van der Waals surface area (Å²) < 4.78 is 5.91. The number of nitrogens with zero attached hydrogens (tertiary/aromatic N) is 4. The van der Waals surface area contributed by atoms with E-state index in [1.165, 1.54) is 19.0 Å². The number of nitrogens with one attached hydrogen (secondary N) is 1. The third-order valence-corrected chi connectivity index (χ3v) is 6.06. The summed E-state index contributed by atoms with van der Waals surface area (Å²) in [5.74, 6) is -0.551. The molecule has 172 valence electrons. The normalized spacial score (nSPS) is 14.2. The van der Waals surface area contributed by atoms with Crippen molar-refractivity contribution < 1.29 is 9.53 Å². The average Bonchev–Trinajstić information content (AvgIpc) is 2.87. The van der Waals surface area contributed by atoms with Gasteiger partial charge in [0.1, 0.15) is 5.02 Å². The fourth-order valence-electron chi connectivity index (χ4n) is 3.89. The van der Waals surface area contributed by atoms with E-state index in [0.717, 1.165) is 37.4 Å². The molecule has 4 rings (SSSR count). The molecule has 0 atom stereocenters. The maximum Gasteiger partial charge on any atom is 0.340 e. The van der Waals surface area contributed by atoms with Crippen LogP contribution < -0.4 is 15.8 Å². The average molecular weight is 468 g/mol. The number of piperazine rings is 1. The monoisotopic (exact) mass is 467 g/mol. The first-order valence-electron chi connectivity index (χ1n) is 10.8. The van der Waals surface area contributed by atoms with Crippen LogP contribution in [0.1, 0.15) is 10.4 Å². The molecule has 1 saturated heterocycles. The Kier molecular flexibility index (Phi) is 7.26. The van der Waals surface area contributed by atoms with E-state index >= 15 is 0 Å². The quantitative estimate of drug-likeness (QED) is 0.535. The third-order valence-electron chi connectivity index (χ3n) is 5.69. The molecule has 2 aromatic carbocycles. The number of halogens is 1. The second-order valence-corrected chi connectivity index (χ2v) is 8.07. The van der Waals surface area contributed by atoms with E-state index < -0.39 is 11.5 Å². The molecule has 0 amide bonds.